The van der Waals surface area contributed by atoms with Crippen LogP contribution in [-0.4, -0.2) is 30.8 Å². The molecule has 0 bridgehead atoms. The van der Waals surface area contributed by atoms with Crippen molar-refractivity contribution in [3.8, 4) is 0 Å². The van der Waals surface area contributed by atoms with Crippen LogP contribution in [0.15, 0.2) is 18.2 Å². The summed E-state index contributed by atoms with van der Waals surface area (Å²) in [6.07, 6.45) is 0. The van der Waals surface area contributed by atoms with Gasteiger partial charge in [-0.25, -0.2) is 4.79 Å². The van der Waals surface area contributed by atoms with Gasteiger partial charge in [0.2, 0.25) is 0 Å². The molecule has 1 unspecified atom stereocenters. The fourth-order valence-electron chi connectivity index (χ4n) is 1.36. The van der Waals surface area contributed by atoms with Crippen molar-refractivity contribution in [2.24, 2.45) is 0 Å². The predicted octanol–water partition coefficient (Wildman–Crippen LogP) is 2.49. The van der Waals surface area contributed by atoms with Crippen LogP contribution in [0.1, 0.15) is 17.3 Å². The van der Waals surface area contributed by atoms with E-state index >= 15 is 0 Å². The summed E-state index contributed by atoms with van der Waals surface area (Å²) in [5.74, 6) is -1.03. The van der Waals surface area contributed by atoms with Gasteiger partial charge in [0.15, 0.2) is 0 Å². The molecule has 1 aromatic carbocycles. The molecule has 0 spiro atoms. The van der Waals surface area contributed by atoms with Gasteiger partial charge in [-0.15, -0.1) is 0 Å². The number of methoxy groups -OCH3 is 1. The molecule has 16 heavy (non-hydrogen) atoms. The van der Waals surface area contributed by atoms with E-state index in [-0.39, 0.29) is 16.6 Å². The van der Waals surface area contributed by atoms with Crippen LogP contribution in [0.5, 0.6) is 0 Å². The first-order valence-electron chi connectivity index (χ1n) is 4.83. The van der Waals surface area contributed by atoms with Gasteiger partial charge >= 0.3 is 5.97 Å². The number of nitrogens with one attached hydrogen (secondary N) is 1. The monoisotopic (exact) mass is 243 g/mol. The van der Waals surface area contributed by atoms with Crippen LogP contribution in [0.4, 0.5) is 5.69 Å². The lowest BCUT2D eigenvalue weighted by atomic mass is 10.2. The summed E-state index contributed by atoms with van der Waals surface area (Å²) in [5.41, 5.74) is 0.808. The quantitative estimate of drug-likeness (QED) is 0.834. The molecule has 4 nitrogen and oxygen atoms in total. The lowest BCUT2D eigenvalue weighted by Gasteiger charge is -2.14. The van der Waals surface area contributed by atoms with Crippen LogP contribution in [0.2, 0.25) is 5.02 Å². The second-order valence-corrected chi connectivity index (χ2v) is 3.91. The maximum atomic E-state index is 10.8. The molecular formula is C11H14ClNO3. The van der Waals surface area contributed by atoms with Crippen LogP contribution in [0, 0.1) is 0 Å². The molecule has 88 valence electrons. The highest BCUT2D eigenvalue weighted by Gasteiger charge is 2.10. The largest absolute Gasteiger partial charge is 0.478 e. The molecule has 0 radical (unpaired) electrons. The van der Waals surface area contributed by atoms with Crippen LogP contribution < -0.4 is 5.32 Å². The smallest absolute Gasteiger partial charge is 0.337 e. The molecule has 2 N–H and O–H groups in total. The van der Waals surface area contributed by atoms with E-state index in [1.165, 1.54) is 6.07 Å². The first kappa shape index (κ1) is 12.8. The Bertz CT molecular complexity index is 381. The fourth-order valence-corrected chi connectivity index (χ4v) is 1.55. The van der Waals surface area contributed by atoms with Gasteiger partial charge in [0.1, 0.15) is 0 Å². The number of rotatable bonds is 5. The average molecular weight is 244 g/mol. The van der Waals surface area contributed by atoms with E-state index in [2.05, 4.69) is 5.32 Å². The van der Waals surface area contributed by atoms with Crippen molar-refractivity contribution in [1.29, 1.82) is 0 Å². The molecular weight excluding hydrogens is 230 g/mol. The summed E-state index contributed by atoms with van der Waals surface area (Å²) in [7, 11) is 1.61. The number of carbonyl (C=O) groups is 1. The van der Waals surface area contributed by atoms with Crippen molar-refractivity contribution in [3.63, 3.8) is 0 Å². The fraction of sp³-hybridized carbons (Fsp3) is 0.364. The first-order valence-corrected chi connectivity index (χ1v) is 5.20. The van der Waals surface area contributed by atoms with Gasteiger partial charge < -0.3 is 15.2 Å². The molecule has 0 fully saturated rings. The lowest BCUT2D eigenvalue weighted by molar-refractivity contribution is 0.0697. The normalized spacial score (nSPS) is 12.2. The van der Waals surface area contributed by atoms with Gasteiger partial charge in [-0.2, -0.15) is 0 Å². The minimum Gasteiger partial charge on any atom is -0.478 e. The van der Waals surface area contributed by atoms with E-state index < -0.39 is 5.97 Å². The van der Waals surface area contributed by atoms with Crippen molar-refractivity contribution in [2.75, 3.05) is 19.0 Å². The molecule has 0 saturated carbocycles. The third kappa shape index (κ3) is 3.40. The Labute approximate surface area is 99.2 Å². The Morgan fingerprint density at radius 1 is 1.62 bits per heavy atom. The second-order valence-electron chi connectivity index (χ2n) is 3.50. The zero-order valence-corrected chi connectivity index (χ0v) is 9.91. The topological polar surface area (TPSA) is 58.6 Å². The van der Waals surface area contributed by atoms with Crippen LogP contribution >= 0.6 is 11.6 Å². The summed E-state index contributed by atoms with van der Waals surface area (Å²) < 4.78 is 4.97. The highest BCUT2D eigenvalue weighted by atomic mass is 35.5. The van der Waals surface area contributed by atoms with Crippen molar-refractivity contribution >= 4 is 23.3 Å². The number of benzene rings is 1. The molecule has 0 amide bonds. The molecule has 0 aromatic heterocycles. The molecule has 0 saturated heterocycles. The first-order chi connectivity index (χ1) is 7.54. The van der Waals surface area contributed by atoms with Gasteiger partial charge in [0, 0.05) is 18.8 Å². The minimum absolute atomic E-state index is 0.0938. The number of anilines is 1. The zero-order chi connectivity index (χ0) is 12.1. The Morgan fingerprint density at radius 2 is 2.31 bits per heavy atom. The van der Waals surface area contributed by atoms with Crippen LogP contribution in [0.25, 0.3) is 0 Å². The summed E-state index contributed by atoms with van der Waals surface area (Å²) in [6, 6.07) is 4.91. The van der Waals surface area contributed by atoms with Crippen molar-refractivity contribution in [2.45, 2.75) is 13.0 Å². The number of hydrogen-bond donors (Lipinski definition) is 2. The van der Waals surface area contributed by atoms with E-state index in [0.717, 1.165) is 0 Å². The lowest BCUT2D eigenvalue weighted by Crippen LogP contribution is -2.20. The van der Waals surface area contributed by atoms with E-state index in [9.17, 15) is 4.79 Å². The summed E-state index contributed by atoms with van der Waals surface area (Å²) >= 11 is 5.76. The van der Waals surface area contributed by atoms with E-state index in [1.54, 1.807) is 19.2 Å². The minimum atomic E-state index is -1.03. The molecule has 1 atom stereocenters. The Kier molecular flexibility index (Phi) is 4.58. The number of aromatic carboxylic acids is 1. The number of hydrogen-bond acceptors (Lipinski definition) is 3. The Hall–Kier alpha value is -1.26. The molecule has 1 rings (SSSR count). The Morgan fingerprint density at radius 3 is 2.88 bits per heavy atom. The van der Waals surface area contributed by atoms with E-state index in [4.69, 9.17) is 21.4 Å². The third-order valence-corrected chi connectivity index (χ3v) is 2.36. The number of halogens is 1. The molecule has 0 aliphatic rings. The SMILES string of the molecule is COCC(C)Nc1ccc(Cl)c(C(=O)O)c1. The van der Waals surface area contributed by atoms with Crippen LogP contribution in [-0.2, 0) is 4.74 Å². The molecule has 0 aliphatic carbocycles. The third-order valence-electron chi connectivity index (χ3n) is 2.03. The van der Waals surface area contributed by atoms with Crippen molar-refractivity contribution in [3.05, 3.63) is 28.8 Å². The highest BCUT2D eigenvalue weighted by Crippen LogP contribution is 2.21. The van der Waals surface area contributed by atoms with Crippen LogP contribution in [0.3, 0.4) is 0 Å². The molecule has 0 aliphatic heterocycles. The number of carboxylic acids is 1. The molecule has 5 heteroatoms. The number of ether oxygens (including phenoxy) is 1. The van der Waals surface area contributed by atoms with Gasteiger partial charge in [0.05, 0.1) is 17.2 Å². The summed E-state index contributed by atoms with van der Waals surface area (Å²) in [6.45, 7) is 2.49. The molecule has 1 aromatic rings. The number of carboxylic acid groups (broad SMARTS) is 1. The van der Waals surface area contributed by atoms with Gasteiger partial charge in [0.25, 0.3) is 0 Å². The summed E-state index contributed by atoms with van der Waals surface area (Å²) in [4.78, 5) is 10.8. The van der Waals surface area contributed by atoms with Gasteiger partial charge in [-0.05, 0) is 25.1 Å². The molecule has 0 heterocycles. The van der Waals surface area contributed by atoms with Crippen molar-refractivity contribution in [1.82, 2.24) is 0 Å². The van der Waals surface area contributed by atoms with Gasteiger partial charge in [-0.3, -0.25) is 0 Å². The van der Waals surface area contributed by atoms with Crippen molar-refractivity contribution < 1.29 is 14.6 Å². The Balaban J connectivity index is 2.82. The van der Waals surface area contributed by atoms with Gasteiger partial charge in [-0.1, -0.05) is 11.6 Å². The maximum absolute atomic E-state index is 10.8. The second kappa shape index (κ2) is 5.72. The highest BCUT2D eigenvalue weighted by molar-refractivity contribution is 6.33. The summed E-state index contributed by atoms with van der Waals surface area (Å²) in [5, 5.41) is 12.2. The predicted molar refractivity (Wildman–Crippen MR) is 63.4 cm³/mol. The maximum Gasteiger partial charge on any atom is 0.337 e. The van der Waals surface area contributed by atoms with E-state index in [1.807, 2.05) is 6.92 Å². The zero-order valence-electron chi connectivity index (χ0n) is 9.16. The average Bonchev–Trinajstić information content (AvgIpc) is 2.21. The standard InChI is InChI=1S/C11H14ClNO3/c1-7(6-16-2)13-8-3-4-10(12)9(5-8)11(14)15/h3-5,7,13H,6H2,1-2H3,(H,14,15). The van der Waals surface area contributed by atoms with E-state index in [0.29, 0.717) is 12.3 Å².